The van der Waals surface area contributed by atoms with Gasteiger partial charge in [-0.05, 0) is 18.2 Å². The normalized spacial score (nSPS) is 10.2. The second-order valence-corrected chi connectivity index (χ2v) is 3.59. The van der Waals surface area contributed by atoms with Crippen molar-refractivity contribution in [1.82, 2.24) is 4.98 Å². The van der Waals surface area contributed by atoms with Crippen LogP contribution in [0.3, 0.4) is 0 Å². The van der Waals surface area contributed by atoms with Crippen molar-refractivity contribution in [2.45, 2.75) is 0 Å². The second kappa shape index (κ2) is 4.47. The first-order valence-corrected chi connectivity index (χ1v) is 5.02. The lowest BCUT2D eigenvalue weighted by Gasteiger charge is -2.04. The molecule has 0 bridgehead atoms. The van der Waals surface area contributed by atoms with E-state index >= 15 is 0 Å². The van der Waals surface area contributed by atoms with Gasteiger partial charge in [-0.25, -0.2) is 9.78 Å². The number of aromatic carboxylic acids is 1. The minimum absolute atomic E-state index is 0.199. The van der Waals surface area contributed by atoms with Gasteiger partial charge in [0.2, 0.25) is 5.76 Å². The summed E-state index contributed by atoms with van der Waals surface area (Å²) in [6.45, 7) is 0. The van der Waals surface area contributed by atoms with Gasteiger partial charge in [0.25, 0.3) is 0 Å². The number of carboxylic acid groups (broad SMARTS) is 1. The molecule has 0 aliphatic heterocycles. The Morgan fingerprint density at radius 2 is 2.29 bits per heavy atom. The lowest BCUT2D eigenvalue weighted by molar-refractivity contribution is 0.0663. The molecule has 0 fully saturated rings. The highest BCUT2D eigenvalue weighted by molar-refractivity contribution is 6.33. The third-order valence-corrected chi connectivity index (χ3v) is 2.51. The molecule has 5 nitrogen and oxygen atoms in total. The molecule has 0 radical (unpaired) electrons. The Hall–Kier alpha value is -2.01. The molecule has 2 aromatic rings. The molecular weight excluding hydrogens is 246 g/mol. The molecule has 1 aromatic heterocycles. The van der Waals surface area contributed by atoms with Gasteiger partial charge in [-0.3, -0.25) is 0 Å². The van der Waals surface area contributed by atoms with E-state index in [0.717, 1.165) is 6.39 Å². The quantitative estimate of drug-likeness (QED) is 0.910. The minimum atomic E-state index is -1.19. The van der Waals surface area contributed by atoms with E-state index in [9.17, 15) is 4.79 Å². The molecule has 0 unspecified atom stereocenters. The van der Waals surface area contributed by atoms with Crippen LogP contribution >= 0.6 is 11.6 Å². The Labute approximate surface area is 102 Å². The van der Waals surface area contributed by atoms with Gasteiger partial charge in [-0.15, -0.1) is 0 Å². The second-order valence-electron chi connectivity index (χ2n) is 3.18. The predicted molar refractivity (Wildman–Crippen MR) is 60.5 cm³/mol. The summed E-state index contributed by atoms with van der Waals surface area (Å²) < 4.78 is 9.79. The van der Waals surface area contributed by atoms with Crippen molar-refractivity contribution in [1.29, 1.82) is 0 Å². The third kappa shape index (κ3) is 2.09. The summed E-state index contributed by atoms with van der Waals surface area (Å²) in [5.74, 6) is -0.847. The minimum Gasteiger partial charge on any atom is -0.497 e. The topological polar surface area (TPSA) is 72.6 Å². The number of nitrogens with zero attached hydrogens (tertiary/aromatic N) is 1. The van der Waals surface area contributed by atoms with Gasteiger partial charge < -0.3 is 14.3 Å². The van der Waals surface area contributed by atoms with E-state index in [1.54, 1.807) is 18.2 Å². The van der Waals surface area contributed by atoms with Crippen LogP contribution in [-0.4, -0.2) is 23.2 Å². The highest BCUT2D eigenvalue weighted by atomic mass is 35.5. The molecule has 0 atom stereocenters. The number of methoxy groups -OCH3 is 1. The van der Waals surface area contributed by atoms with Gasteiger partial charge >= 0.3 is 5.97 Å². The molecule has 0 aliphatic rings. The van der Waals surface area contributed by atoms with E-state index in [0.29, 0.717) is 16.3 Å². The number of aromatic nitrogens is 1. The fraction of sp³-hybridized carbons (Fsp3) is 0.0909. The molecule has 0 aliphatic carbocycles. The summed E-state index contributed by atoms with van der Waals surface area (Å²) in [6.07, 6.45) is 1.07. The summed E-state index contributed by atoms with van der Waals surface area (Å²) in [5.41, 5.74) is 0.684. The number of halogens is 1. The van der Waals surface area contributed by atoms with Crippen LogP contribution in [0.4, 0.5) is 0 Å². The lowest BCUT2D eigenvalue weighted by atomic mass is 10.1. The maximum Gasteiger partial charge on any atom is 0.374 e. The Morgan fingerprint density at radius 1 is 1.53 bits per heavy atom. The summed E-state index contributed by atoms with van der Waals surface area (Å²) in [5, 5.41) is 9.25. The van der Waals surface area contributed by atoms with Crippen LogP contribution in [0.25, 0.3) is 11.3 Å². The lowest BCUT2D eigenvalue weighted by Crippen LogP contribution is -1.97. The average Bonchev–Trinajstić information content (AvgIpc) is 2.77. The SMILES string of the molecule is COc1ccc(-c2ncoc2C(=O)O)c(Cl)c1. The molecule has 0 spiro atoms. The smallest absolute Gasteiger partial charge is 0.374 e. The summed E-state index contributed by atoms with van der Waals surface area (Å²) in [7, 11) is 1.52. The van der Waals surface area contributed by atoms with Crippen LogP contribution in [0.1, 0.15) is 10.6 Å². The van der Waals surface area contributed by atoms with Crippen molar-refractivity contribution >= 4 is 17.6 Å². The summed E-state index contributed by atoms with van der Waals surface area (Å²) >= 11 is 6.02. The molecule has 1 N–H and O–H groups in total. The van der Waals surface area contributed by atoms with Crippen molar-refractivity contribution in [3.05, 3.63) is 35.4 Å². The number of benzene rings is 1. The van der Waals surface area contributed by atoms with E-state index in [4.69, 9.17) is 25.9 Å². The molecular formula is C11H8ClNO4. The van der Waals surface area contributed by atoms with Crippen molar-refractivity contribution in [2.75, 3.05) is 7.11 Å². The first-order valence-electron chi connectivity index (χ1n) is 4.64. The number of carboxylic acids is 1. The van der Waals surface area contributed by atoms with Crippen molar-refractivity contribution in [3.63, 3.8) is 0 Å². The zero-order chi connectivity index (χ0) is 12.4. The largest absolute Gasteiger partial charge is 0.497 e. The third-order valence-electron chi connectivity index (χ3n) is 2.19. The standard InChI is InChI=1S/C11H8ClNO4/c1-16-6-2-3-7(8(12)4-6)9-10(11(14)15)17-5-13-9/h2-5H,1H3,(H,14,15). The van der Waals surface area contributed by atoms with Crippen molar-refractivity contribution < 1.29 is 19.1 Å². The van der Waals surface area contributed by atoms with Crippen LogP contribution in [0.2, 0.25) is 5.02 Å². The molecule has 0 saturated carbocycles. The van der Waals surface area contributed by atoms with Crippen LogP contribution in [0.15, 0.2) is 29.0 Å². The van der Waals surface area contributed by atoms with Gasteiger partial charge in [0, 0.05) is 5.56 Å². The molecule has 1 aromatic carbocycles. The molecule has 0 saturated heterocycles. The molecule has 6 heteroatoms. The van der Waals surface area contributed by atoms with E-state index in [1.165, 1.54) is 7.11 Å². The molecule has 2 rings (SSSR count). The first-order chi connectivity index (χ1) is 8.13. The number of hydrogen-bond acceptors (Lipinski definition) is 4. The average molecular weight is 254 g/mol. The fourth-order valence-electron chi connectivity index (χ4n) is 1.40. The fourth-order valence-corrected chi connectivity index (χ4v) is 1.66. The van der Waals surface area contributed by atoms with Gasteiger partial charge in [0.1, 0.15) is 11.4 Å². The monoisotopic (exact) mass is 253 g/mol. The van der Waals surface area contributed by atoms with E-state index in [-0.39, 0.29) is 11.5 Å². The predicted octanol–water partition coefficient (Wildman–Crippen LogP) is 2.70. The maximum atomic E-state index is 10.9. The number of ether oxygens (including phenoxy) is 1. The Balaban J connectivity index is 2.53. The number of oxazole rings is 1. The van der Waals surface area contributed by atoms with Crippen LogP contribution in [0.5, 0.6) is 5.75 Å². The molecule has 1 heterocycles. The van der Waals surface area contributed by atoms with Crippen LogP contribution in [-0.2, 0) is 0 Å². The van der Waals surface area contributed by atoms with Crippen molar-refractivity contribution in [3.8, 4) is 17.0 Å². The van der Waals surface area contributed by atoms with Crippen LogP contribution < -0.4 is 4.74 Å². The number of hydrogen-bond donors (Lipinski definition) is 1. The summed E-state index contributed by atoms with van der Waals surface area (Å²) in [6, 6.07) is 4.88. The molecule has 88 valence electrons. The highest BCUT2D eigenvalue weighted by Gasteiger charge is 2.19. The number of rotatable bonds is 3. The highest BCUT2D eigenvalue weighted by Crippen LogP contribution is 2.32. The van der Waals surface area contributed by atoms with Crippen LogP contribution in [0, 0.1) is 0 Å². The Bertz CT molecular complexity index is 564. The Morgan fingerprint density at radius 3 is 2.88 bits per heavy atom. The van der Waals surface area contributed by atoms with Gasteiger partial charge in [-0.2, -0.15) is 0 Å². The van der Waals surface area contributed by atoms with E-state index in [2.05, 4.69) is 4.98 Å². The summed E-state index contributed by atoms with van der Waals surface area (Å²) in [4.78, 5) is 14.7. The first kappa shape index (κ1) is 11.5. The number of carbonyl (C=O) groups is 1. The Kier molecular flexibility index (Phi) is 3.01. The van der Waals surface area contributed by atoms with Gasteiger partial charge in [0.05, 0.1) is 12.1 Å². The van der Waals surface area contributed by atoms with Gasteiger partial charge in [-0.1, -0.05) is 11.6 Å². The van der Waals surface area contributed by atoms with Crippen molar-refractivity contribution in [2.24, 2.45) is 0 Å². The molecule has 17 heavy (non-hydrogen) atoms. The zero-order valence-electron chi connectivity index (χ0n) is 8.81. The van der Waals surface area contributed by atoms with Gasteiger partial charge in [0.15, 0.2) is 6.39 Å². The van der Waals surface area contributed by atoms with E-state index < -0.39 is 5.97 Å². The maximum absolute atomic E-state index is 10.9. The molecule has 0 amide bonds. The van der Waals surface area contributed by atoms with E-state index in [1.807, 2.05) is 0 Å². The zero-order valence-corrected chi connectivity index (χ0v) is 9.56.